The normalized spacial score (nSPS) is 11.4. The quantitative estimate of drug-likeness (QED) is 0.643. The van der Waals surface area contributed by atoms with Gasteiger partial charge in [0.2, 0.25) is 5.78 Å². The minimum absolute atomic E-state index is 0.0284. The zero-order chi connectivity index (χ0) is 14.9. The van der Waals surface area contributed by atoms with Crippen LogP contribution in [0.2, 0.25) is 0 Å². The van der Waals surface area contributed by atoms with Crippen molar-refractivity contribution in [2.75, 3.05) is 7.11 Å². The first-order valence-electron chi connectivity index (χ1n) is 5.24. The van der Waals surface area contributed by atoms with Gasteiger partial charge in [0, 0.05) is 11.8 Å². The Morgan fingerprint density at radius 3 is 2.60 bits per heavy atom. The van der Waals surface area contributed by atoms with Crippen molar-refractivity contribution >= 4 is 17.1 Å². The van der Waals surface area contributed by atoms with E-state index in [-0.39, 0.29) is 27.5 Å². The molecule has 0 atom stereocenters. The largest absolute Gasteiger partial charge is 0.494 e. The third kappa shape index (κ3) is 2.79. The van der Waals surface area contributed by atoms with Crippen molar-refractivity contribution in [3.8, 4) is 5.75 Å². The Balaban J connectivity index is 2.34. The molecule has 0 saturated heterocycles. The first-order chi connectivity index (χ1) is 9.32. The van der Waals surface area contributed by atoms with Gasteiger partial charge in [-0.05, 0) is 18.2 Å². The van der Waals surface area contributed by atoms with Crippen molar-refractivity contribution in [1.82, 2.24) is 4.98 Å². The number of ether oxygens (including phenoxy) is 1. The van der Waals surface area contributed by atoms with Crippen LogP contribution >= 0.6 is 11.3 Å². The number of hydrogen-bond acceptors (Lipinski definition) is 4. The molecule has 106 valence electrons. The predicted octanol–water partition coefficient (Wildman–Crippen LogP) is 3.54. The van der Waals surface area contributed by atoms with Crippen molar-refractivity contribution in [3.05, 3.63) is 45.7 Å². The molecule has 8 heteroatoms. The summed E-state index contributed by atoms with van der Waals surface area (Å²) in [6, 6.07) is 3.32. The highest BCUT2D eigenvalue weighted by atomic mass is 32.1. The molecule has 1 heterocycles. The second-order valence-corrected chi connectivity index (χ2v) is 4.74. The summed E-state index contributed by atoms with van der Waals surface area (Å²) < 4.78 is 55.1. The predicted molar refractivity (Wildman–Crippen MR) is 63.5 cm³/mol. The lowest BCUT2D eigenvalue weighted by molar-refractivity contribution is -0.137. The molecule has 0 N–H and O–H groups in total. The number of methoxy groups -OCH3 is 1. The summed E-state index contributed by atoms with van der Waals surface area (Å²) in [6.45, 7) is 0. The minimum Gasteiger partial charge on any atom is -0.494 e. The zero-order valence-corrected chi connectivity index (χ0v) is 10.8. The van der Waals surface area contributed by atoms with Crippen LogP contribution in [0.15, 0.2) is 24.4 Å². The molecular weight excluding hydrogens is 298 g/mol. The highest BCUT2D eigenvalue weighted by Gasteiger charge is 2.35. The second-order valence-electron chi connectivity index (χ2n) is 3.71. The molecule has 3 nitrogen and oxygen atoms in total. The van der Waals surface area contributed by atoms with Gasteiger partial charge in [-0.1, -0.05) is 0 Å². The third-order valence-corrected chi connectivity index (χ3v) is 3.43. The van der Waals surface area contributed by atoms with Crippen LogP contribution in [0.4, 0.5) is 17.6 Å². The molecule has 0 radical (unpaired) electrons. The van der Waals surface area contributed by atoms with Gasteiger partial charge in [0.05, 0.1) is 12.0 Å². The van der Waals surface area contributed by atoms with Crippen LogP contribution in [0.3, 0.4) is 0 Å². The number of carbonyl (C=O) groups is 1. The molecule has 2 aromatic rings. The Morgan fingerprint density at radius 1 is 1.35 bits per heavy atom. The van der Waals surface area contributed by atoms with E-state index in [2.05, 4.69) is 4.98 Å². The maximum Gasteiger partial charge on any atom is 0.443 e. The van der Waals surface area contributed by atoms with E-state index < -0.39 is 22.8 Å². The van der Waals surface area contributed by atoms with Crippen molar-refractivity contribution in [2.45, 2.75) is 6.18 Å². The van der Waals surface area contributed by atoms with E-state index in [9.17, 15) is 22.4 Å². The summed E-state index contributed by atoms with van der Waals surface area (Å²) in [5.74, 6) is -1.49. The number of thiazole rings is 1. The summed E-state index contributed by atoms with van der Waals surface area (Å²) in [4.78, 5) is 15.0. The zero-order valence-electron chi connectivity index (χ0n) is 9.99. The van der Waals surface area contributed by atoms with Crippen molar-refractivity contribution in [1.29, 1.82) is 0 Å². The summed E-state index contributed by atoms with van der Waals surface area (Å²) in [5, 5.41) is -1.10. The maximum absolute atomic E-state index is 13.2. The number of rotatable bonds is 3. The monoisotopic (exact) mass is 305 g/mol. The number of benzene rings is 1. The SMILES string of the molecule is COc1cc(C(=O)c2cnc(C(F)(F)F)s2)ccc1F. The van der Waals surface area contributed by atoms with Crippen LogP contribution < -0.4 is 4.74 Å². The molecule has 0 aliphatic carbocycles. The van der Waals surface area contributed by atoms with E-state index in [4.69, 9.17) is 4.74 Å². The van der Waals surface area contributed by atoms with Gasteiger partial charge in [0.15, 0.2) is 16.6 Å². The van der Waals surface area contributed by atoms with Gasteiger partial charge in [-0.25, -0.2) is 9.37 Å². The van der Waals surface area contributed by atoms with Crippen molar-refractivity contribution in [2.24, 2.45) is 0 Å². The summed E-state index contributed by atoms with van der Waals surface area (Å²) in [7, 11) is 1.22. The first-order valence-corrected chi connectivity index (χ1v) is 6.06. The molecular formula is C12H7F4NO2S. The van der Waals surface area contributed by atoms with Crippen LogP contribution in [0.1, 0.15) is 20.2 Å². The third-order valence-electron chi connectivity index (χ3n) is 2.39. The lowest BCUT2D eigenvalue weighted by atomic mass is 10.1. The molecule has 0 saturated carbocycles. The van der Waals surface area contributed by atoms with Gasteiger partial charge in [0.1, 0.15) is 0 Å². The molecule has 2 rings (SSSR count). The summed E-state index contributed by atoms with van der Waals surface area (Å²) >= 11 is 0.240. The molecule has 1 aromatic carbocycles. The molecule has 0 spiro atoms. The van der Waals surface area contributed by atoms with Crippen LogP contribution in [0.5, 0.6) is 5.75 Å². The molecule has 0 amide bonds. The van der Waals surface area contributed by atoms with Crippen LogP contribution in [0.25, 0.3) is 0 Å². The number of aromatic nitrogens is 1. The van der Waals surface area contributed by atoms with Crippen LogP contribution in [-0.2, 0) is 6.18 Å². The Morgan fingerprint density at radius 2 is 2.05 bits per heavy atom. The average Bonchev–Trinajstić information content (AvgIpc) is 2.88. The lowest BCUT2D eigenvalue weighted by Crippen LogP contribution is -2.03. The molecule has 0 unspecified atom stereocenters. The van der Waals surface area contributed by atoms with Gasteiger partial charge in [-0.2, -0.15) is 13.2 Å². The van der Waals surface area contributed by atoms with Crippen LogP contribution in [-0.4, -0.2) is 17.9 Å². The molecule has 0 bridgehead atoms. The fourth-order valence-corrected chi connectivity index (χ4v) is 2.20. The smallest absolute Gasteiger partial charge is 0.443 e. The number of alkyl halides is 3. The van der Waals surface area contributed by atoms with E-state index in [1.165, 1.54) is 13.2 Å². The second kappa shape index (κ2) is 5.20. The highest BCUT2D eigenvalue weighted by molar-refractivity contribution is 7.13. The summed E-state index contributed by atoms with van der Waals surface area (Å²) in [6.07, 6.45) is -3.74. The maximum atomic E-state index is 13.2. The summed E-state index contributed by atoms with van der Waals surface area (Å²) in [5.41, 5.74) is 0.0284. The van der Waals surface area contributed by atoms with E-state index in [1.54, 1.807) is 0 Å². The number of carbonyl (C=O) groups excluding carboxylic acids is 1. The minimum atomic E-state index is -4.59. The van der Waals surface area contributed by atoms with Crippen molar-refractivity contribution < 1.29 is 27.1 Å². The van der Waals surface area contributed by atoms with E-state index >= 15 is 0 Å². The lowest BCUT2D eigenvalue weighted by Gasteiger charge is -2.04. The molecule has 0 fully saturated rings. The number of nitrogens with zero attached hydrogens (tertiary/aromatic N) is 1. The Labute approximate surface area is 114 Å². The topological polar surface area (TPSA) is 39.2 Å². The molecule has 20 heavy (non-hydrogen) atoms. The van der Waals surface area contributed by atoms with Gasteiger partial charge in [-0.3, -0.25) is 4.79 Å². The molecule has 1 aromatic heterocycles. The van der Waals surface area contributed by atoms with E-state index in [0.717, 1.165) is 18.3 Å². The Kier molecular flexibility index (Phi) is 3.76. The molecule has 0 aliphatic heterocycles. The van der Waals surface area contributed by atoms with Crippen LogP contribution in [0, 0.1) is 5.82 Å². The number of ketones is 1. The Bertz CT molecular complexity index is 651. The van der Waals surface area contributed by atoms with Gasteiger partial charge < -0.3 is 4.74 Å². The number of halogens is 4. The van der Waals surface area contributed by atoms with Gasteiger partial charge in [-0.15, -0.1) is 11.3 Å². The highest BCUT2D eigenvalue weighted by Crippen LogP contribution is 2.33. The molecule has 0 aliphatic rings. The van der Waals surface area contributed by atoms with E-state index in [1.807, 2.05) is 0 Å². The number of hydrogen-bond donors (Lipinski definition) is 0. The standard InChI is InChI=1S/C12H7F4NO2S/c1-19-8-4-6(2-3-7(8)13)10(18)9-5-17-11(20-9)12(14,15)16/h2-5H,1H3. The fraction of sp³-hybridized carbons (Fsp3) is 0.167. The van der Waals surface area contributed by atoms with Gasteiger partial charge in [0.25, 0.3) is 0 Å². The van der Waals surface area contributed by atoms with E-state index in [0.29, 0.717) is 0 Å². The fourth-order valence-electron chi connectivity index (χ4n) is 1.45. The van der Waals surface area contributed by atoms with Gasteiger partial charge >= 0.3 is 6.18 Å². The average molecular weight is 305 g/mol. The first kappa shape index (κ1) is 14.4. The Hall–Kier alpha value is -1.96. The van der Waals surface area contributed by atoms with Crippen molar-refractivity contribution in [3.63, 3.8) is 0 Å².